The van der Waals surface area contributed by atoms with Crippen LogP contribution in [-0.4, -0.2) is 39.6 Å². The summed E-state index contributed by atoms with van der Waals surface area (Å²) < 4.78 is 0. The number of aromatic hydroxyl groups is 1. The minimum Gasteiger partial charge on any atom is -0.508 e. The molecule has 3 aromatic rings. The summed E-state index contributed by atoms with van der Waals surface area (Å²) in [5, 5.41) is 9.34. The lowest BCUT2D eigenvalue weighted by Crippen LogP contribution is -2.34. The number of imidazole rings is 1. The fourth-order valence-electron chi connectivity index (χ4n) is 3.55. The summed E-state index contributed by atoms with van der Waals surface area (Å²) in [5.41, 5.74) is 3.50. The molecule has 1 aromatic heterocycles. The van der Waals surface area contributed by atoms with E-state index in [0.29, 0.717) is 11.7 Å². The van der Waals surface area contributed by atoms with Gasteiger partial charge in [-0.25, -0.2) is 4.98 Å². The number of phenolic OH excluding ortho intramolecular Hbond substituents is 1. The summed E-state index contributed by atoms with van der Waals surface area (Å²) in [6, 6.07) is 15.8. The summed E-state index contributed by atoms with van der Waals surface area (Å²) in [5.74, 6) is 2.03. The first-order valence-electron chi connectivity index (χ1n) is 8.73. The first-order valence-corrected chi connectivity index (χ1v) is 8.73. The summed E-state index contributed by atoms with van der Waals surface area (Å²) in [7, 11) is 0. The van der Waals surface area contributed by atoms with Crippen LogP contribution in [0.5, 0.6) is 5.75 Å². The molecule has 0 radical (unpaired) electrons. The maximum Gasteiger partial charge on any atom is 0.115 e. The van der Waals surface area contributed by atoms with Crippen LogP contribution in [0.2, 0.25) is 0 Å². The Morgan fingerprint density at radius 2 is 1.79 bits per heavy atom. The number of aromatic amines is 1. The van der Waals surface area contributed by atoms with E-state index in [1.807, 2.05) is 18.2 Å². The van der Waals surface area contributed by atoms with Crippen molar-refractivity contribution in [1.29, 1.82) is 0 Å². The second-order valence-electron chi connectivity index (χ2n) is 6.67. The molecule has 1 fully saturated rings. The molecule has 0 aliphatic carbocycles. The van der Waals surface area contributed by atoms with Crippen molar-refractivity contribution in [2.24, 2.45) is 0 Å². The Morgan fingerprint density at radius 1 is 1.04 bits per heavy atom. The van der Waals surface area contributed by atoms with Crippen molar-refractivity contribution >= 4 is 11.0 Å². The number of rotatable bonds is 4. The fraction of sp³-hybridized carbons (Fsp3) is 0.350. The van der Waals surface area contributed by atoms with Gasteiger partial charge >= 0.3 is 0 Å². The lowest BCUT2D eigenvalue weighted by molar-refractivity contribution is 0.212. The highest BCUT2D eigenvalue weighted by molar-refractivity contribution is 5.74. The zero-order chi connectivity index (χ0) is 16.4. The average Bonchev–Trinajstić information content (AvgIpc) is 3.06. The smallest absolute Gasteiger partial charge is 0.115 e. The van der Waals surface area contributed by atoms with Gasteiger partial charge in [-0.05, 0) is 62.2 Å². The van der Waals surface area contributed by atoms with Gasteiger partial charge in [-0.2, -0.15) is 0 Å². The van der Waals surface area contributed by atoms with Gasteiger partial charge in [-0.3, -0.25) is 0 Å². The topological polar surface area (TPSA) is 52.1 Å². The normalized spacial score (nSPS) is 16.7. The Kier molecular flexibility index (Phi) is 4.22. The third-order valence-electron chi connectivity index (χ3n) is 5.04. The van der Waals surface area contributed by atoms with E-state index >= 15 is 0 Å². The third-order valence-corrected chi connectivity index (χ3v) is 5.04. The van der Waals surface area contributed by atoms with Crippen molar-refractivity contribution < 1.29 is 5.11 Å². The molecular weight excluding hydrogens is 298 g/mol. The van der Waals surface area contributed by atoms with Gasteiger partial charge in [0.1, 0.15) is 11.6 Å². The second-order valence-corrected chi connectivity index (χ2v) is 6.67. The van der Waals surface area contributed by atoms with Gasteiger partial charge in [-0.15, -0.1) is 0 Å². The number of nitrogens with zero attached hydrogens (tertiary/aromatic N) is 2. The number of phenols is 1. The maximum absolute atomic E-state index is 9.34. The first kappa shape index (κ1) is 15.2. The molecule has 1 aliphatic heterocycles. The molecule has 2 aromatic carbocycles. The Morgan fingerprint density at radius 3 is 2.54 bits per heavy atom. The summed E-state index contributed by atoms with van der Waals surface area (Å²) in [6.07, 6.45) is 3.36. The molecule has 4 nitrogen and oxygen atoms in total. The molecule has 0 saturated carbocycles. The molecule has 0 amide bonds. The van der Waals surface area contributed by atoms with E-state index in [1.165, 1.54) is 5.56 Å². The van der Waals surface area contributed by atoms with Crippen molar-refractivity contribution in [3.05, 3.63) is 59.9 Å². The standard InChI is InChI=1S/C20H23N3O/c24-17-7-5-15(6-8-17)9-12-23-13-10-16(11-14-23)20-21-18-3-1-2-4-19(18)22-20/h1-8,16,24H,9-14H2,(H,21,22). The molecule has 24 heavy (non-hydrogen) atoms. The lowest BCUT2D eigenvalue weighted by atomic mass is 9.96. The van der Waals surface area contributed by atoms with E-state index in [0.717, 1.165) is 55.8 Å². The minimum atomic E-state index is 0.338. The molecular formula is C20H23N3O. The predicted octanol–water partition coefficient (Wildman–Crippen LogP) is 3.69. The van der Waals surface area contributed by atoms with Crippen molar-refractivity contribution in [2.75, 3.05) is 19.6 Å². The predicted molar refractivity (Wildman–Crippen MR) is 96.3 cm³/mol. The highest BCUT2D eigenvalue weighted by Crippen LogP contribution is 2.27. The zero-order valence-corrected chi connectivity index (χ0v) is 13.8. The van der Waals surface area contributed by atoms with E-state index in [2.05, 4.69) is 28.1 Å². The van der Waals surface area contributed by atoms with E-state index in [9.17, 15) is 5.11 Å². The number of nitrogens with one attached hydrogen (secondary N) is 1. The Balaban J connectivity index is 1.32. The molecule has 2 N–H and O–H groups in total. The number of hydrogen-bond donors (Lipinski definition) is 2. The highest BCUT2D eigenvalue weighted by Gasteiger charge is 2.22. The fourth-order valence-corrected chi connectivity index (χ4v) is 3.55. The SMILES string of the molecule is Oc1ccc(CCN2CCC(c3nc4ccccc4[nH]3)CC2)cc1. The zero-order valence-electron chi connectivity index (χ0n) is 13.8. The van der Waals surface area contributed by atoms with Gasteiger partial charge in [0, 0.05) is 12.5 Å². The molecule has 0 unspecified atom stereocenters. The maximum atomic E-state index is 9.34. The molecule has 0 bridgehead atoms. The number of piperidine rings is 1. The molecule has 1 saturated heterocycles. The number of H-pyrrole nitrogens is 1. The van der Waals surface area contributed by atoms with E-state index in [1.54, 1.807) is 12.1 Å². The van der Waals surface area contributed by atoms with Gasteiger partial charge in [0.05, 0.1) is 11.0 Å². The molecule has 4 rings (SSSR count). The number of likely N-dealkylation sites (tertiary alicyclic amines) is 1. The van der Waals surface area contributed by atoms with Crippen molar-refractivity contribution in [3.63, 3.8) is 0 Å². The van der Waals surface area contributed by atoms with Crippen LogP contribution in [0.1, 0.15) is 30.1 Å². The van der Waals surface area contributed by atoms with Crippen molar-refractivity contribution in [3.8, 4) is 5.75 Å². The average molecular weight is 321 g/mol. The van der Waals surface area contributed by atoms with Crippen LogP contribution < -0.4 is 0 Å². The van der Waals surface area contributed by atoms with Gasteiger partial charge in [0.15, 0.2) is 0 Å². The largest absolute Gasteiger partial charge is 0.508 e. The van der Waals surface area contributed by atoms with Crippen molar-refractivity contribution in [2.45, 2.75) is 25.2 Å². The molecule has 2 heterocycles. The molecule has 0 spiro atoms. The van der Waals surface area contributed by atoms with Crippen LogP contribution in [-0.2, 0) is 6.42 Å². The molecule has 124 valence electrons. The lowest BCUT2D eigenvalue weighted by Gasteiger charge is -2.31. The third kappa shape index (κ3) is 3.29. The van der Waals surface area contributed by atoms with Gasteiger partial charge in [-0.1, -0.05) is 24.3 Å². The number of fused-ring (bicyclic) bond motifs is 1. The number of hydrogen-bond acceptors (Lipinski definition) is 3. The van der Waals surface area contributed by atoms with Crippen molar-refractivity contribution in [1.82, 2.24) is 14.9 Å². The Bertz CT molecular complexity index is 768. The Hall–Kier alpha value is -2.33. The van der Waals surface area contributed by atoms with Crippen LogP contribution in [0.15, 0.2) is 48.5 Å². The highest BCUT2D eigenvalue weighted by atomic mass is 16.3. The van der Waals surface area contributed by atoms with Crippen LogP contribution in [0.3, 0.4) is 0 Å². The summed E-state index contributed by atoms with van der Waals surface area (Å²) in [4.78, 5) is 10.8. The second kappa shape index (κ2) is 6.65. The minimum absolute atomic E-state index is 0.338. The first-order chi connectivity index (χ1) is 11.8. The van der Waals surface area contributed by atoms with Gasteiger partial charge < -0.3 is 15.0 Å². The van der Waals surface area contributed by atoms with E-state index in [-0.39, 0.29) is 0 Å². The molecule has 4 heteroatoms. The molecule has 0 atom stereocenters. The monoisotopic (exact) mass is 321 g/mol. The quantitative estimate of drug-likeness (QED) is 0.770. The van der Waals surface area contributed by atoms with Crippen LogP contribution >= 0.6 is 0 Å². The van der Waals surface area contributed by atoms with Crippen LogP contribution in [0.25, 0.3) is 11.0 Å². The van der Waals surface area contributed by atoms with Gasteiger partial charge in [0.25, 0.3) is 0 Å². The van der Waals surface area contributed by atoms with E-state index in [4.69, 9.17) is 4.98 Å². The summed E-state index contributed by atoms with van der Waals surface area (Å²) >= 11 is 0. The van der Waals surface area contributed by atoms with Crippen LogP contribution in [0.4, 0.5) is 0 Å². The number of benzene rings is 2. The number of para-hydroxylation sites is 2. The van der Waals surface area contributed by atoms with Crippen LogP contribution in [0, 0.1) is 0 Å². The van der Waals surface area contributed by atoms with Gasteiger partial charge in [0.2, 0.25) is 0 Å². The van der Waals surface area contributed by atoms with E-state index < -0.39 is 0 Å². The molecule has 1 aliphatic rings. The summed E-state index contributed by atoms with van der Waals surface area (Å²) in [6.45, 7) is 3.33. The Labute approximate surface area is 142 Å². The number of aromatic nitrogens is 2.